The average Bonchev–Trinajstić information content (AvgIpc) is 2.92. The predicted molar refractivity (Wildman–Crippen MR) is 138 cm³/mol. The third kappa shape index (κ3) is 4.06. The molecular formula is C31H22F5NO2. The molecule has 0 saturated carbocycles. The zero-order valence-electron chi connectivity index (χ0n) is 21.0. The molecule has 39 heavy (non-hydrogen) atoms. The van der Waals surface area contributed by atoms with Crippen LogP contribution in [0, 0.1) is 34.5 Å². The molecule has 8 heteroatoms. The Bertz CT molecular complexity index is 1700. The standard InChI is InChI=1S/C31H22F5NO2/c1-31(2)13-19-22-18-9-4-3-6-15(18)10-11-20(22)37-29(23(19)21(38)14-31)16-7-5-8-17(12-16)39-30-27(35)25(33)24(32)26(34)28(30)36/h3-12,29,37H,13-14H2,1-2H3/t29-/m0/s1. The molecule has 4 aromatic carbocycles. The van der Waals surface area contributed by atoms with Gasteiger partial charge in [-0.05, 0) is 51.9 Å². The molecule has 0 radical (unpaired) electrons. The average molecular weight is 536 g/mol. The summed E-state index contributed by atoms with van der Waals surface area (Å²) < 4.78 is 74.7. The highest BCUT2D eigenvalue weighted by atomic mass is 19.2. The van der Waals surface area contributed by atoms with E-state index >= 15 is 0 Å². The third-order valence-electron chi connectivity index (χ3n) is 7.32. The van der Waals surface area contributed by atoms with Gasteiger partial charge in [0.15, 0.2) is 5.78 Å². The summed E-state index contributed by atoms with van der Waals surface area (Å²) >= 11 is 0. The second kappa shape index (κ2) is 8.93. The number of carbonyl (C=O) groups excluding carboxylic acids is 1. The van der Waals surface area contributed by atoms with Crippen molar-refractivity contribution < 1.29 is 31.5 Å². The zero-order valence-corrected chi connectivity index (χ0v) is 21.0. The second-order valence-electron chi connectivity index (χ2n) is 10.7. The quantitative estimate of drug-likeness (QED) is 0.162. The molecule has 1 heterocycles. The van der Waals surface area contributed by atoms with Crippen molar-refractivity contribution in [2.75, 3.05) is 5.32 Å². The van der Waals surface area contributed by atoms with Crippen molar-refractivity contribution in [1.82, 2.24) is 0 Å². The smallest absolute Gasteiger partial charge is 0.207 e. The second-order valence-corrected chi connectivity index (χ2v) is 10.7. The predicted octanol–water partition coefficient (Wildman–Crippen LogP) is 8.64. The first-order valence-corrected chi connectivity index (χ1v) is 12.4. The van der Waals surface area contributed by atoms with Crippen LogP contribution in [0.1, 0.15) is 43.9 Å². The Morgan fingerprint density at radius 3 is 2.26 bits per heavy atom. The van der Waals surface area contributed by atoms with Crippen LogP contribution < -0.4 is 10.1 Å². The number of anilines is 1. The lowest BCUT2D eigenvalue weighted by atomic mass is 9.68. The SMILES string of the molecule is CC1(C)CC(=O)C2=C(C1)c1c(ccc3ccccc13)N[C@H]2c1cccc(Oc2c(F)c(F)c(F)c(F)c2F)c1. The molecule has 0 amide bonds. The number of hydrogen-bond acceptors (Lipinski definition) is 3. The van der Waals surface area contributed by atoms with Crippen LogP contribution >= 0.6 is 0 Å². The number of Topliss-reactive ketones (excluding diaryl/α,β-unsaturated/α-hetero) is 1. The van der Waals surface area contributed by atoms with Gasteiger partial charge in [-0.1, -0.05) is 56.3 Å². The van der Waals surface area contributed by atoms with Crippen molar-refractivity contribution in [2.45, 2.75) is 32.7 Å². The van der Waals surface area contributed by atoms with Crippen molar-refractivity contribution in [3.8, 4) is 11.5 Å². The topological polar surface area (TPSA) is 38.3 Å². The molecule has 198 valence electrons. The molecule has 6 rings (SSSR count). The number of fused-ring (bicyclic) bond motifs is 4. The number of benzene rings is 4. The van der Waals surface area contributed by atoms with E-state index in [1.807, 2.05) is 36.4 Å². The Hall–Kier alpha value is -4.20. The molecule has 3 nitrogen and oxygen atoms in total. The number of allylic oxidation sites excluding steroid dienone is 1. The number of rotatable bonds is 3. The summed E-state index contributed by atoms with van der Waals surface area (Å²) in [7, 11) is 0. The Morgan fingerprint density at radius 2 is 1.51 bits per heavy atom. The van der Waals surface area contributed by atoms with Gasteiger partial charge in [0.1, 0.15) is 5.75 Å². The van der Waals surface area contributed by atoms with Gasteiger partial charge in [0, 0.05) is 23.2 Å². The van der Waals surface area contributed by atoms with Crippen molar-refractivity contribution in [2.24, 2.45) is 5.41 Å². The van der Waals surface area contributed by atoms with Crippen LogP contribution in [0.15, 0.2) is 66.2 Å². The lowest BCUT2D eigenvalue weighted by Crippen LogP contribution is -2.33. The molecule has 1 atom stereocenters. The van der Waals surface area contributed by atoms with E-state index in [0.717, 1.165) is 27.6 Å². The molecule has 0 spiro atoms. The fourth-order valence-corrected chi connectivity index (χ4v) is 5.64. The van der Waals surface area contributed by atoms with Crippen LogP contribution in [0.5, 0.6) is 11.5 Å². The summed E-state index contributed by atoms with van der Waals surface area (Å²) in [5.74, 6) is -12.2. The van der Waals surface area contributed by atoms with Gasteiger partial charge >= 0.3 is 0 Å². The summed E-state index contributed by atoms with van der Waals surface area (Å²) in [5.41, 5.74) is 3.59. The maximum Gasteiger partial charge on any atom is 0.207 e. The number of ketones is 1. The van der Waals surface area contributed by atoms with Crippen molar-refractivity contribution >= 4 is 27.8 Å². The maximum atomic E-state index is 14.3. The van der Waals surface area contributed by atoms with Gasteiger partial charge in [-0.25, -0.2) is 13.2 Å². The van der Waals surface area contributed by atoms with Crippen LogP contribution in [0.4, 0.5) is 27.6 Å². The molecule has 0 bridgehead atoms. The molecule has 1 aliphatic heterocycles. The molecular weight excluding hydrogens is 513 g/mol. The van der Waals surface area contributed by atoms with E-state index in [4.69, 9.17) is 4.74 Å². The first kappa shape index (κ1) is 25.1. The summed E-state index contributed by atoms with van der Waals surface area (Å²) in [6.45, 7) is 4.10. The molecule has 0 unspecified atom stereocenters. The first-order valence-electron chi connectivity index (χ1n) is 12.4. The van der Waals surface area contributed by atoms with Crippen LogP contribution in [0.2, 0.25) is 0 Å². The van der Waals surface area contributed by atoms with E-state index < -0.39 is 40.9 Å². The minimum Gasteiger partial charge on any atom is -0.451 e. The molecule has 0 saturated heterocycles. The van der Waals surface area contributed by atoms with E-state index in [2.05, 4.69) is 19.2 Å². The minimum atomic E-state index is -2.26. The maximum absolute atomic E-state index is 14.3. The number of carbonyl (C=O) groups is 1. The third-order valence-corrected chi connectivity index (χ3v) is 7.32. The van der Waals surface area contributed by atoms with Crippen molar-refractivity contribution in [3.63, 3.8) is 0 Å². The highest BCUT2D eigenvalue weighted by molar-refractivity contribution is 6.12. The van der Waals surface area contributed by atoms with Crippen LogP contribution in [0.3, 0.4) is 0 Å². The lowest BCUT2D eigenvalue weighted by molar-refractivity contribution is -0.118. The van der Waals surface area contributed by atoms with Gasteiger partial charge in [-0.15, -0.1) is 0 Å². The molecule has 1 aliphatic carbocycles. The monoisotopic (exact) mass is 535 g/mol. The molecule has 4 aromatic rings. The zero-order chi connectivity index (χ0) is 27.6. The summed E-state index contributed by atoms with van der Waals surface area (Å²) in [6, 6.07) is 17.3. The number of hydrogen-bond donors (Lipinski definition) is 1. The van der Waals surface area contributed by atoms with E-state index in [1.165, 1.54) is 18.2 Å². The molecule has 0 fully saturated rings. The van der Waals surface area contributed by atoms with Crippen molar-refractivity contribution in [3.05, 3.63) is 106 Å². The van der Waals surface area contributed by atoms with E-state index in [1.54, 1.807) is 6.07 Å². The Labute approximate surface area is 220 Å². The van der Waals surface area contributed by atoms with Gasteiger partial charge in [-0.3, -0.25) is 4.79 Å². The number of halogens is 5. The molecule has 0 aromatic heterocycles. The van der Waals surface area contributed by atoms with Crippen LogP contribution in [-0.4, -0.2) is 5.78 Å². The van der Waals surface area contributed by atoms with Gasteiger partial charge in [-0.2, -0.15) is 8.78 Å². The highest BCUT2D eigenvalue weighted by Crippen LogP contribution is 2.52. The largest absolute Gasteiger partial charge is 0.451 e. The Balaban J connectivity index is 1.48. The summed E-state index contributed by atoms with van der Waals surface area (Å²) in [4.78, 5) is 13.6. The fourth-order valence-electron chi connectivity index (χ4n) is 5.64. The van der Waals surface area contributed by atoms with Crippen LogP contribution in [0.25, 0.3) is 16.3 Å². The van der Waals surface area contributed by atoms with Gasteiger partial charge in [0.2, 0.25) is 34.8 Å². The number of ether oxygens (including phenoxy) is 1. The first-order chi connectivity index (χ1) is 18.6. The van der Waals surface area contributed by atoms with Gasteiger partial charge in [0.05, 0.1) is 6.04 Å². The molecule has 2 aliphatic rings. The normalized spacial score (nSPS) is 18.0. The summed E-state index contributed by atoms with van der Waals surface area (Å²) in [5, 5.41) is 5.51. The minimum absolute atomic E-state index is 0.0246. The fraction of sp³-hybridized carbons (Fsp3) is 0.194. The van der Waals surface area contributed by atoms with Crippen molar-refractivity contribution in [1.29, 1.82) is 0 Å². The van der Waals surface area contributed by atoms with E-state index in [-0.39, 0.29) is 16.9 Å². The summed E-state index contributed by atoms with van der Waals surface area (Å²) in [6.07, 6.45) is 0.999. The Kier molecular flexibility index (Phi) is 5.75. The Morgan fingerprint density at radius 1 is 0.821 bits per heavy atom. The van der Waals surface area contributed by atoms with Crippen LogP contribution in [-0.2, 0) is 4.79 Å². The van der Waals surface area contributed by atoms with E-state index in [9.17, 15) is 26.7 Å². The van der Waals surface area contributed by atoms with E-state index in [0.29, 0.717) is 24.0 Å². The molecule has 1 N–H and O–H groups in total. The van der Waals surface area contributed by atoms with Gasteiger partial charge in [0.25, 0.3) is 0 Å². The number of nitrogens with one attached hydrogen (secondary N) is 1. The van der Waals surface area contributed by atoms with Gasteiger partial charge < -0.3 is 10.1 Å². The highest BCUT2D eigenvalue weighted by Gasteiger charge is 2.41. The lowest BCUT2D eigenvalue weighted by Gasteiger charge is -2.40.